The van der Waals surface area contributed by atoms with Gasteiger partial charge in [0, 0.05) is 6.61 Å². The summed E-state index contributed by atoms with van der Waals surface area (Å²) >= 11 is 0. The summed E-state index contributed by atoms with van der Waals surface area (Å²) in [6, 6.07) is 21.6. The third-order valence-corrected chi connectivity index (χ3v) is 17.5. The highest BCUT2D eigenvalue weighted by Gasteiger charge is 2.50. The van der Waals surface area contributed by atoms with Crippen molar-refractivity contribution < 1.29 is 14.0 Å². The lowest BCUT2D eigenvalue weighted by atomic mass is 10.1. The fourth-order valence-electron chi connectivity index (χ4n) is 4.62. The molecule has 0 spiro atoms. The molecule has 1 N–H and O–H groups in total. The highest BCUT2D eigenvalue weighted by molar-refractivity contribution is 6.99. The van der Waals surface area contributed by atoms with Crippen LogP contribution in [0, 0.1) is 0 Å². The molecule has 0 unspecified atom stereocenters. The van der Waals surface area contributed by atoms with E-state index in [9.17, 15) is 5.11 Å². The Bertz CT molecular complexity index is 1010. The maximum Gasteiger partial charge on any atom is 0.261 e. The van der Waals surface area contributed by atoms with Gasteiger partial charge in [-0.15, -0.1) is 0 Å². The molecule has 38 heavy (non-hydrogen) atoms. The molecular weight excluding hydrogens is 501 g/mol. The first-order valence-corrected chi connectivity index (χ1v) is 18.8. The van der Waals surface area contributed by atoms with Crippen LogP contribution in [0.1, 0.15) is 68.2 Å². The molecule has 0 amide bonds. The molecule has 0 aromatic heterocycles. The van der Waals surface area contributed by atoms with Crippen LogP contribution in [-0.4, -0.2) is 41.1 Å². The van der Waals surface area contributed by atoms with Gasteiger partial charge in [0.05, 0.1) is 12.7 Å². The fourth-order valence-corrected chi connectivity index (χ4v) is 10.6. The second-order valence-electron chi connectivity index (χ2n) is 13.1. The predicted octanol–water partition coefficient (Wildman–Crippen LogP) is 7.62. The topological polar surface area (TPSA) is 38.7 Å². The molecule has 2 aromatic carbocycles. The normalized spacial score (nSPS) is 15.0. The summed E-state index contributed by atoms with van der Waals surface area (Å²) in [4.78, 5) is 0. The molecule has 2 aromatic rings. The van der Waals surface area contributed by atoms with Crippen molar-refractivity contribution >= 4 is 27.0 Å². The number of aliphatic hydroxyl groups excluding tert-OH is 1. The number of hydrogen-bond acceptors (Lipinski definition) is 3. The lowest BCUT2D eigenvalue weighted by molar-refractivity contribution is 0.215. The number of rotatable bonds is 12. The van der Waals surface area contributed by atoms with Crippen molar-refractivity contribution in [2.75, 3.05) is 13.2 Å². The summed E-state index contributed by atoms with van der Waals surface area (Å²) < 4.78 is 13.9. The summed E-state index contributed by atoms with van der Waals surface area (Å²) in [5, 5.41) is 12.2. The Morgan fingerprint density at radius 2 is 1.32 bits per heavy atom. The van der Waals surface area contributed by atoms with Gasteiger partial charge in [-0.2, -0.15) is 0 Å². The highest BCUT2D eigenvalue weighted by Crippen LogP contribution is 2.39. The molecule has 3 nitrogen and oxygen atoms in total. The van der Waals surface area contributed by atoms with E-state index in [0.717, 1.165) is 18.4 Å². The van der Waals surface area contributed by atoms with Crippen LogP contribution in [-0.2, 0) is 8.85 Å². The van der Waals surface area contributed by atoms with Crippen molar-refractivity contribution in [3.8, 4) is 0 Å². The minimum absolute atomic E-state index is 0.00487. The largest absolute Gasteiger partial charge is 0.410 e. The molecule has 0 radical (unpaired) electrons. The molecule has 210 valence electrons. The molecule has 5 heteroatoms. The molecule has 0 aliphatic rings. The van der Waals surface area contributed by atoms with Crippen molar-refractivity contribution in [3.63, 3.8) is 0 Å². The number of benzene rings is 2. The van der Waals surface area contributed by atoms with Gasteiger partial charge in [-0.05, 0) is 65.8 Å². The first kappa shape index (κ1) is 32.4. The van der Waals surface area contributed by atoms with Gasteiger partial charge in [-0.3, -0.25) is 0 Å². The molecule has 2 rings (SSSR count). The highest BCUT2D eigenvalue weighted by atomic mass is 28.4. The minimum atomic E-state index is -2.54. The first-order valence-electron chi connectivity index (χ1n) is 14.0. The van der Waals surface area contributed by atoms with Gasteiger partial charge in [-0.25, -0.2) is 0 Å². The summed E-state index contributed by atoms with van der Waals surface area (Å²) in [5.74, 6) is 0. The lowest BCUT2D eigenvalue weighted by Crippen LogP contribution is -2.66. The SMILES string of the molecule is C/C(=C\C[C@@H](O[Si](C)(C)C(C)(C)C)/C(C)=C/CCO[Si](c1ccccc1)(c1ccccc1)C(C)(C)C)CO. The van der Waals surface area contributed by atoms with E-state index in [1.54, 1.807) is 0 Å². The Balaban J connectivity index is 2.34. The van der Waals surface area contributed by atoms with Crippen molar-refractivity contribution in [2.24, 2.45) is 0 Å². The molecule has 1 atom stereocenters. The van der Waals surface area contributed by atoms with Crippen LogP contribution in [0.2, 0.25) is 23.2 Å². The van der Waals surface area contributed by atoms with Crippen LogP contribution >= 0.6 is 0 Å². The monoisotopic (exact) mass is 552 g/mol. The molecule has 0 saturated carbocycles. The maximum atomic E-state index is 9.52. The van der Waals surface area contributed by atoms with Crippen LogP contribution in [0.25, 0.3) is 0 Å². The van der Waals surface area contributed by atoms with Crippen molar-refractivity contribution in [1.82, 2.24) is 0 Å². The molecule has 0 heterocycles. The quantitative estimate of drug-likeness (QED) is 0.167. The van der Waals surface area contributed by atoms with Crippen molar-refractivity contribution in [1.29, 1.82) is 0 Å². The Morgan fingerprint density at radius 1 is 0.816 bits per heavy atom. The smallest absolute Gasteiger partial charge is 0.261 e. The minimum Gasteiger partial charge on any atom is -0.410 e. The van der Waals surface area contributed by atoms with E-state index in [2.05, 4.69) is 134 Å². The van der Waals surface area contributed by atoms with E-state index in [0.29, 0.717) is 6.61 Å². The van der Waals surface area contributed by atoms with E-state index in [1.165, 1.54) is 15.9 Å². The molecule has 0 saturated heterocycles. The van der Waals surface area contributed by atoms with Crippen LogP contribution < -0.4 is 10.4 Å². The standard InChI is InChI=1S/C33H52O3Si2/c1-27(26-34)23-24-31(36-37(9,10)32(3,4)5)28(2)18-17-25-35-38(33(6,7)8,29-19-13-11-14-20-29)30-21-15-12-16-22-30/h11-16,18-23,31,34H,17,24-26H2,1-10H3/b27-23+,28-18+/t31-/m1/s1. The van der Waals surface area contributed by atoms with Gasteiger partial charge in [0.1, 0.15) is 0 Å². The van der Waals surface area contributed by atoms with Gasteiger partial charge < -0.3 is 14.0 Å². The van der Waals surface area contributed by atoms with Crippen LogP contribution in [0.3, 0.4) is 0 Å². The Hall–Kier alpha value is -1.77. The van der Waals surface area contributed by atoms with Gasteiger partial charge in [-0.1, -0.05) is 120 Å². The van der Waals surface area contributed by atoms with Crippen LogP contribution in [0.15, 0.2) is 84.0 Å². The predicted molar refractivity (Wildman–Crippen MR) is 169 cm³/mol. The lowest BCUT2D eigenvalue weighted by Gasteiger charge is -2.43. The Morgan fingerprint density at radius 3 is 1.74 bits per heavy atom. The first-order chi connectivity index (χ1) is 17.7. The molecular formula is C33H52O3Si2. The number of aliphatic hydroxyl groups is 1. The molecule has 0 bridgehead atoms. The van der Waals surface area contributed by atoms with Crippen LogP contribution in [0.5, 0.6) is 0 Å². The summed E-state index contributed by atoms with van der Waals surface area (Å²) in [5.41, 5.74) is 2.22. The zero-order valence-electron chi connectivity index (χ0n) is 25.6. The zero-order valence-corrected chi connectivity index (χ0v) is 27.6. The third kappa shape index (κ3) is 8.12. The molecule has 0 aliphatic heterocycles. The van der Waals surface area contributed by atoms with Gasteiger partial charge >= 0.3 is 0 Å². The summed E-state index contributed by atoms with van der Waals surface area (Å²) in [6.07, 6.45) is 6.03. The summed E-state index contributed by atoms with van der Waals surface area (Å²) in [7, 11) is -4.50. The molecule has 0 aliphatic carbocycles. The van der Waals surface area contributed by atoms with Crippen LogP contribution in [0.4, 0.5) is 0 Å². The second kappa shape index (κ2) is 13.5. The molecule has 0 fully saturated rings. The average Bonchev–Trinajstić information content (AvgIpc) is 2.85. The van der Waals surface area contributed by atoms with Crippen molar-refractivity contribution in [2.45, 2.75) is 97.5 Å². The second-order valence-corrected chi connectivity index (χ2v) is 22.1. The van der Waals surface area contributed by atoms with E-state index in [4.69, 9.17) is 8.85 Å². The third-order valence-electron chi connectivity index (χ3n) is 8.00. The Labute approximate surface area is 235 Å². The van der Waals surface area contributed by atoms with Gasteiger partial charge in [0.2, 0.25) is 0 Å². The number of hydrogen-bond donors (Lipinski definition) is 1. The van der Waals surface area contributed by atoms with Gasteiger partial charge in [0.15, 0.2) is 8.32 Å². The zero-order chi connectivity index (χ0) is 28.6. The van der Waals surface area contributed by atoms with E-state index >= 15 is 0 Å². The fraction of sp³-hybridized carbons (Fsp3) is 0.515. The summed E-state index contributed by atoms with van der Waals surface area (Å²) in [6.45, 7) is 23.3. The Kier molecular flexibility index (Phi) is 11.6. The van der Waals surface area contributed by atoms with E-state index < -0.39 is 16.6 Å². The van der Waals surface area contributed by atoms with E-state index in [1.807, 2.05) is 6.92 Å². The van der Waals surface area contributed by atoms with Gasteiger partial charge in [0.25, 0.3) is 8.32 Å². The van der Waals surface area contributed by atoms with E-state index in [-0.39, 0.29) is 22.8 Å². The maximum absolute atomic E-state index is 9.52. The average molecular weight is 553 g/mol. The van der Waals surface area contributed by atoms with Crippen molar-refractivity contribution in [3.05, 3.63) is 84.0 Å².